The molecule has 0 aliphatic heterocycles. The van der Waals surface area contributed by atoms with E-state index in [9.17, 15) is 9.18 Å². The van der Waals surface area contributed by atoms with Gasteiger partial charge in [0.1, 0.15) is 11.3 Å². The van der Waals surface area contributed by atoms with Crippen LogP contribution in [0.5, 0.6) is 0 Å². The lowest BCUT2D eigenvalue weighted by Gasteiger charge is -2.01. The smallest absolute Gasteiger partial charge is 0.267 e. The fraction of sp³-hybridized carbons (Fsp3) is 0. The van der Waals surface area contributed by atoms with Crippen LogP contribution in [-0.2, 0) is 0 Å². The second-order valence-corrected chi connectivity index (χ2v) is 4.38. The van der Waals surface area contributed by atoms with Gasteiger partial charge in [-0.25, -0.2) is 4.39 Å². The number of hydrogen-bond acceptors (Lipinski definition) is 3. The summed E-state index contributed by atoms with van der Waals surface area (Å²) in [6.45, 7) is 0. The SMILES string of the molecule is O=C(c1ccc(F)cc1)n1nnc2cc(Cl)ccc21. The van der Waals surface area contributed by atoms with Gasteiger partial charge in [0, 0.05) is 10.6 Å². The van der Waals surface area contributed by atoms with Crippen LogP contribution in [0, 0.1) is 5.82 Å². The average Bonchev–Trinajstić information content (AvgIpc) is 2.81. The van der Waals surface area contributed by atoms with E-state index in [0.717, 1.165) is 0 Å². The number of halogens is 2. The number of benzene rings is 2. The molecule has 3 rings (SSSR count). The average molecular weight is 276 g/mol. The molecule has 0 aliphatic carbocycles. The molecule has 0 unspecified atom stereocenters. The molecule has 1 heterocycles. The Kier molecular flexibility index (Phi) is 2.76. The van der Waals surface area contributed by atoms with Gasteiger partial charge in [0.05, 0.1) is 5.52 Å². The van der Waals surface area contributed by atoms with Crippen molar-refractivity contribution >= 4 is 28.5 Å². The van der Waals surface area contributed by atoms with Gasteiger partial charge < -0.3 is 0 Å². The van der Waals surface area contributed by atoms with Gasteiger partial charge in [-0.3, -0.25) is 4.79 Å². The summed E-state index contributed by atoms with van der Waals surface area (Å²) in [5, 5.41) is 8.20. The van der Waals surface area contributed by atoms with Crippen LogP contribution in [0.4, 0.5) is 4.39 Å². The third kappa shape index (κ3) is 2.08. The molecule has 0 radical (unpaired) electrons. The van der Waals surface area contributed by atoms with Gasteiger partial charge in [0.15, 0.2) is 0 Å². The van der Waals surface area contributed by atoms with E-state index < -0.39 is 5.82 Å². The van der Waals surface area contributed by atoms with Gasteiger partial charge in [0.25, 0.3) is 5.91 Å². The molecule has 1 aromatic heterocycles. The molecule has 0 saturated carbocycles. The zero-order valence-electron chi connectivity index (χ0n) is 9.55. The molecule has 0 atom stereocenters. The van der Waals surface area contributed by atoms with Crippen LogP contribution >= 0.6 is 11.6 Å². The first-order valence-electron chi connectivity index (χ1n) is 5.46. The van der Waals surface area contributed by atoms with Crippen LogP contribution in [0.25, 0.3) is 11.0 Å². The Morgan fingerprint density at radius 3 is 2.63 bits per heavy atom. The summed E-state index contributed by atoms with van der Waals surface area (Å²) < 4.78 is 14.0. The van der Waals surface area contributed by atoms with Crippen molar-refractivity contribution in [1.82, 2.24) is 15.0 Å². The number of rotatable bonds is 1. The monoisotopic (exact) mass is 275 g/mol. The molecule has 94 valence electrons. The summed E-state index contributed by atoms with van der Waals surface area (Å²) in [6, 6.07) is 10.2. The normalized spacial score (nSPS) is 10.8. The zero-order valence-corrected chi connectivity index (χ0v) is 10.3. The molecule has 6 heteroatoms. The number of nitrogens with zero attached hydrogens (tertiary/aromatic N) is 3. The number of carbonyl (C=O) groups is 1. The lowest BCUT2D eigenvalue weighted by atomic mass is 10.2. The third-order valence-corrected chi connectivity index (χ3v) is 2.93. The minimum atomic E-state index is -0.396. The Bertz CT molecular complexity index is 767. The van der Waals surface area contributed by atoms with E-state index in [2.05, 4.69) is 10.3 Å². The molecule has 2 aromatic carbocycles. The van der Waals surface area contributed by atoms with Crippen LogP contribution in [0.15, 0.2) is 42.5 Å². The van der Waals surface area contributed by atoms with Crippen LogP contribution in [0.1, 0.15) is 10.4 Å². The first-order valence-corrected chi connectivity index (χ1v) is 5.84. The Labute approximate surface area is 112 Å². The predicted molar refractivity (Wildman–Crippen MR) is 68.7 cm³/mol. The lowest BCUT2D eigenvalue weighted by molar-refractivity contribution is 0.0948. The first kappa shape index (κ1) is 11.8. The van der Waals surface area contributed by atoms with Crippen molar-refractivity contribution in [1.29, 1.82) is 0 Å². The zero-order chi connectivity index (χ0) is 13.4. The molecular formula is C13H7ClFN3O. The van der Waals surface area contributed by atoms with Gasteiger partial charge in [0.2, 0.25) is 0 Å². The maximum Gasteiger partial charge on any atom is 0.280 e. The van der Waals surface area contributed by atoms with Crippen LogP contribution in [0.2, 0.25) is 5.02 Å². The van der Waals surface area contributed by atoms with E-state index >= 15 is 0 Å². The molecule has 0 saturated heterocycles. The summed E-state index contributed by atoms with van der Waals surface area (Å²) in [6.07, 6.45) is 0. The highest BCUT2D eigenvalue weighted by Crippen LogP contribution is 2.18. The molecule has 4 nitrogen and oxygen atoms in total. The Morgan fingerprint density at radius 2 is 1.89 bits per heavy atom. The second kappa shape index (κ2) is 4.44. The van der Waals surface area contributed by atoms with Crippen LogP contribution in [-0.4, -0.2) is 20.9 Å². The minimum Gasteiger partial charge on any atom is -0.267 e. The summed E-state index contributed by atoms with van der Waals surface area (Å²) >= 11 is 5.84. The van der Waals surface area contributed by atoms with E-state index in [1.54, 1.807) is 18.2 Å². The number of carbonyl (C=O) groups excluding carboxylic acids is 1. The molecule has 3 aromatic rings. The van der Waals surface area contributed by atoms with E-state index in [-0.39, 0.29) is 5.91 Å². The maximum atomic E-state index is 12.8. The number of fused-ring (bicyclic) bond motifs is 1. The summed E-state index contributed by atoms with van der Waals surface area (Å²) in [5.41, 5.74) is 1.42. The van der Waals surface area contributed by atoms with Gasteiger partial charge >= 0.3 is 0 Å². The van der Waals surface area contributed by atoms with E-state index in [4.69, 9.17) is 11.6 Å². The van der Waals surface area contributed by atoms with Crippen molar-refractivity contribution in [3.63, 3.8) is 0 Å². The van der Waals surface area contributed by atoms with Gasteiger partial charge in [-0.15, -0.1) is 5.10 Å². The molecule has 0 amide bonds. The molecule has 0 spiro atoms. The quantitative estimate of drug-likeness (QED) is 0.686. The molecule has 0 bridgehead atoms. The van der Waals surface area contributed by atoms with Crippen molar-refractivity contribution < 1.29 is 9.18 Å². The summed E-state index contributed by atoms with van der Waals surface area (Å²) in [4.78, 5) is 12.2. The van der Waals surface area contributed by atoms with Crippen molar-refractivity contribution in [2.24, 2.45) is 0 Å². The highest BCUT2D eigenvalue weighted by molar-refractivity contribution is 6.31. The molecule has 0 fully saturated rings. The van der Waals surface area contributed by atoms with Crippen molar-refractivity contribution in [2.45, 2.75) is 0 Å². The van der Waals surface area contributed by atoms with Gasteiger partial charge in [-0.1, -0.05) is 16.8 Å². The second-order valence-electron chi connectivity index (χ2n) is 3.95. The summed E-state index contributed by atoms with van der Waals surface area (Å²) in [5.74, 6) is -0.767. The van der Waals surface area contributed by atoms with E-state index in [0.29, 0.717) is 21.6 Å². The maximum absolute atomic E-state index is 12.8. The Balaban J connectivity index is 2.09. The highest BCUT2D eigenvalue weighted by Gasteiger charge is 2.14. The Morgan fingerprint density at radius 1 is 1.16 bits per heavy atom. The molecule has 0 aliphatic rings. The largest absolute Gasteiger partial charge is 0.280 e. The lowest BCUT2D eigenvalue weighted by Crippen LogP contribution is -2.13. The highest BCUT2D eigenvalue weighted by atomic mass is 35.5. The first-order chi connectivity index (χ1) is 9.15. The van der Waals surface area contributed by atoms with Gasteiger partial charge in [-0.05, 0) is 42.5 Å². The van der Waals surface area contributed by atoms with E-state index in [1.807, 2.05) is 0 Å². The fourth-order valence-electron chi connectivity index (χ4n) is 1.76. The Hall–Kier alpha value is -2.27. The van der Waals surface area contributed by atoms with Crippen LogP contribution < -0.4 is 0 Å². The van der Waals surface area contributed by atoms with Crippen molar-refractivity contribution in [3.8, 4) is 0 Å². The van der Waals surface area contributed by atoms with E-state index in [1.165, 1.54) is 28.9 Å². The minimum absolute atomic E-state index is 0.336. The molecule has 0 N–H and O–H groups in total. The topological polar surface area (TPSA) is 47.8 Å². The molecular weight excluding hydrogens is 269 g/mol. The number of aromatic nitrogens is 3. The third-order valence-electron chi connectivity index (χ3n) is 2.69. The summed E-state index contributed by atoms with van der Waals surface area (Å²) in [7, 11) is 0. The molecule has 19 heavy (non-hydrogen) atoms. The van der Waals surface area contributed by atoms with Crippen molar-refractivity contribution in [2.75, 3.05) is 0 Å². The van der Waals surface area contributed by atoms with Crippen LogP contribution in [0.3, 0.4) is 0 Å². The fourth-order valence-corrected chi connectivity index (χ4v) is 1.93. The van der Waals surface area contributed by atoms with Gasteiger partial charge in [-0.2, -0.15) is 4.68 Å². The standard InChI is InChI=1S/C13H7ClFN3O/c14-9-3-6-12-11(7-9)16-17-18(12)13(19)8-1-4-10(15)5-2-8/h1-7H. The predicted octanol–water partition coefficient (Wildman–Crippen LogP) is 2.91. The van der Waals surface area contributed by atoms with Crippen molar-refractivity contribution in [3.05, 3.63) is 58.9 Å². The number of hydrogen-bond donors (Lipinski definition) is 0.